The van der Waals surface area contributed by atoms with Gasteiger partial charge in [0.1, 0.15) is 0 Å². The molecule has 0 saturated carbocycles. The molecule has 16 heavy (non-hydrogen) atoms. The average Bonchev–Trinajstić information content (AvgIpc) is 2.33. The van der Waals surface area contributed by atoms with Crippen molar-refractivity contribution < 1.29 is 9.59 Å². The number of carbonyl (C=O) groups excluding carboxylic acids is 2. The number of hydrogen-bond donors (Lipinski definition) is 0. The van der Waals surface area contributed by atoms with Gasteiger partial charge in [-0.1, -0.05) is 48.6 Å². The molecule has 0 unspecified atom stereocenters. The van der Waals surface area contributed by atoms with Crippen molar-refractivity contribution in [3.8, 4) is 0 Å². The van der Waals surface area contributed by atoms with E-state index in [-0.39, 0.29) is 18.0 Å². The molecule has 0 radical (unpaired) electrons. The highest BCUT2D eigenvalue weighted by atomic mass is 16.1. The van der Waals surface area contributed by atoms with Crippen molar-refractivity contribution in [2.24, 2.45) is 0 Å². The first kappa shape index (κ1) is 10.6. The van der Waals surface area contributed by atoms with E-state index in [0.717, 1.165) is 0 Å². The molecule has 2 rings (SSSR count). The van der Waals surface area contributed by atoms with E-state index in [9.17, 15) is 9.59 Å². The van der Waals surface area contributed by atoms with Crippen molar-refractivity contribution in [1.82, 2.24) is 0 Å². The van der Waals surface area contributed by atoms with Crippen LogP contribution in [-0.4, -0.2) is 11.6 Å². The van der Waals surface area contributed by atoms with Crippen LogP contribution in [0.5, 0.6) is 0 Å². The van der Waals surface area contributed by atoms with Crippen molar-refractivity contribution in [1.29, 1.82) is 0 Å². The van der Waals surface area contributed by atoms with Crippen molar-refractivity contribution in [3.05, 3.63) is 59.7 Å². The molecule has 0 bridgehead atoms. The van der Waals surface area contributed by atoms with E-state index in [1.807, 2.05) is 24.3 Å². The fraction of sp³-hybridized carbons (Fsp3) is 0.143. The summed E-state index contributed by atoms with van der Waals surface area (Å²) in [5.74, 6) is 0.0438. The number of benzene rings is 1. The molecule has 1 aromatic carbocycles. The summed E-state index contributed by atoms with van der Waals surface area (Å²) in [6, 6.07) is 9.05. The third-order valence-corrected chi connectivity index (χ3v) is 2.54. The monoisotopic (exact) mass is 212 g/mol. The Kier molecular flexibility index (Phi) is 3.10. The zero-order chi connectivity index (χ0) is 11.4. The summed E-state index contributed by atoms with van der Waals surface area (Å²) < 4.78 is 0. The molecule has 2 nitrogen and oxygen atoms in total. The Morgan fingerprint density at radius 1 is 1.19 bits per heavy atom. The lowest BCUT2D eigenvalue weighted by Crippen LogP contribution is -2.09. The zero-order valence-electron chi connectivity index (χ0n) is 8.85. The van der Waals surface area contributed by atoms with Crippen LogP contribution in [-0.2, 0) is 4.79 Å². The molecule has 0 fully saturated rings. The molecule has 1 aliphatic rings. The standard InChI is InChI=1S/C14H12O2/c15-13-9-5-4-8-12(13)10-14(16)11-6-2-1-3-7-11/h1-8H,9-10H2. The summed E-state index contributed by atoms with van der Waals surface area (Å²) in [7, 11) is 0. The number of hydrogen-bond acceptors (Lipinski definition) is 2. The number of allylic oxidation sites excluding steroid dienone is 4. The van der Waals surface area contributed by atoms with Crippen molar-refractivity contribution >= 4 is 11.6 Å². The fourth-order valence-electron chi connectivity index (χ4n) is 1.64. The molecule has 0 heterocycles. The lowest BCUT2D eigenvalue weighted by molar-refractivity contribution is -0.115. The van der Waals surface area contributed by atoms with Crippen LogP contribution in [0.15, 0.2) is 54.1 Å². The van der Waals surface area contributed by atoms with Crippen LogP contribution in [0.3, 0.4) is 0 Å². The minimum absolute atomic E-state index is 0.00417. The third kappa shape index (κ3) is 2.34. The van der Waals surface area contributed by atoms with E-state index in [1.54, 1.807) is 24.3 Å². The second kappa shape index (κ2) is 4.71. The Morgan fingerprint density at radius 2 is 1.94 bits per heavy atom. The van der Waals surface area contributed by atoms with E-state index in [1.165, 1.54) is 0 Å². The first-order chi connectivity index (χ1) is 7.77. The van der Waals surface area contributed by atoms with Gasteiger partial charge in [-0.05, 0) is 0 Å². The molecule has 0 atom stereocenters. The highest BCUT2D eigenvalue weighted by Crippen LogP contribution is 2.15. The largest absolute Gasteiger partial charge is 0.294 e. The molecule has 0 aromatic heterocycles. The summed E-state index contributed by atoms with van der Waals surface area (Å²) in [5, 5.41) is 0. The third-order valence-electron chi connectivity index (χ3n) is 2.54. The van der Waals surface area contributed by atoms with Gasteiger partial charge in [-0.15, -0.1) is 0 Å². The van der Waals surface area contributed by atoms with Crippen LogP contribution < -0.4 is 0 Å². The van der Waals surface area contributed by atoms with Gasteiger partial charge in [0.25, 0.3) is 0 Å². The van der Waals surface area contributed by atoms with Crippen LogP contribution in [0, 0.1) is 0 Å². The van der Waals surface area contributed by atoms with Gasteiger partial charge in [0.2, 0.25) is 0 Å². The Morgan fingerprint density at radius 3 is 2.62 bits per heavy atom. The highest BCUT2D eigenvalue weighted by molar-refractivity contribution is 6.06. The zero-order valence-corrected chi connectivity index (χ0v) is 8.85. The van der Waals surface area contributed by atoms with Crippen LogP contribution in [0.4, 0.5) is 0 Å². The van der Waals surface area contributed by atoms with Crippen LogP contribution in [0.1, 0.15) is 23.2 Å². The molecule has 2 heteroatoms. The molecule has 1 aliphatic carbocycles. The lowest BCUT2D eigenvalue weighted by Gasteiger charge is -2.07. The Bertz CT molecular complexity index is 467. The summed E-state index contributed by atoms with van der Waals surface area (Å²) in [4.78, 5) is 23.3. The van der Waals surface area contributed by atoms with Crippen LogP contribution in [0.25, 0.3) is 0 Å². The maximum atomic E-state index is 11.8. The second-order valence-electron chi connectivity index (χ2n) is 3.71. The molecular formula is C14H12O2. The number of Topliss-reactive ketones (excluding diaryl/α,β-unsaturated/α-hetero) is 2. The average molecular weight is 212 g/mol. The molecular weight excluding hydrogens is 200 g/mol. The Hall–Kier alpha value is -1.96. The van der Waals surface area contributed by atoms with Gasteiger partial charge in [0.15, 0.2) is 11.6 Å². The fourth-order valence-corrected chi connectivity index (χ4v) is 1.64. The summed E-state index contributed by atoms with van der Waals surface area (Å²) in [6.45, 7) is 0. The van der Waals surface area contributed by atoms with E-state index < -0.39 is 0 Å². The van der Waals surface area contributed by atoms with E-state index in [2.05, 4.69) is 0 Å². The predicted octanol–water partition coefficient (Wildman–Crippen LogP) is 2.71. The van der Waals surface area contributed by atoms with Crippen molar-refractivity contribution in [3.63, 3.8) is 0 Å². The summed E-state index contributed by atoms with van der Waals surface area (Å²) >= 11 is 0. The maximum absolute atomic E-state index is 11.8. The van der Waals surface area contributed by atoms with Crippen molar-refractivity contribution in [2.45, 2.75) is 12.8 Å². The SMILES string of the molecule is O=C1CC=CC=C1CC(=O)c1ccccc1. The van der Waals surface area contributed by atoms with Gasteiger partial charge in [-0.3, -0.25) is 9.59 Å². The van der Waals surface area contributed by atoms with Gasteiger partial charge >= 0.3 is 0 Å². The van der Waals surface area contributed by atoms with E-state index >= 15 is 0 Å². The van der Waals surface area contributed by atoms with Gasteiger partial charge in [0, 0.05) is 24.0 Å². The molecule has 0 N–H and O–H groups in total. The van der Waals surface area contributed by atoms with Gasteiger partial charge in [0.05, 0.1) is 0 Å². The van der Waals surface area contributed by atoms with Crippen molar-refractivity contribution in [2.75, 3.05) is 0 Å². The number of ketones is 2. The molecule has 1 aromatic rings. The quantitative estimate of drug-likeness (QED) is 0.722. The molecule has 0 amide bonds. The second-order valence-corrected chi connectivity index (χ2v) is 3.71. The molecule has 80 valence electrons. The Balaban J connectivity index is 2.11. The smallest absolute Gasteiger partial charge is 0.167 e. The van der Waals surface area contributed by atoms with Crippen LogP contribution in [0.2, 0.25) is 0 Å². The normalized spacial score (nSPS) is 14.8. The molecule has 0 saturated heterocycles. The first-order valence-electron chi connectivity index (χ1n) is 5.24. The van der Waals surface area contributed by atoms with Gasteiger partial charge < -0.3 is 0 Å². The Labute approximate surface area is 94.3 Å². The van der Waals surface area contributed by atoms with Gasteiger partial charge in [-0.25, -0.2) is 0 Å². The van der Waals surface area contributed by atoms with E-state index in [4.69, 9.17) is 0 Å². The van der Waals surface area contributed by atoms with Gasteiger partial charge in [-0.2, -0.15) is 0 Å². The molecule has 0 aliphatic heterocycles. The minimum Gasteiger partial charge on any atom is -0.294 e. The van der Waals surface area contributed by atoms with Crippen LogP contribution >= 0.6 is 0 Å². The minimum atomic E-state index is -0.00417. The summed E-state index contributed by atoms with van der Waals surface area (Å²) in [6.07, 6.45) is 5.97. The highest BCUT2D eigenvalue weighted by Gasteiger charge is 2.15. The summed E-state index contributed by atoms with van der Waals surface area (Å²) in [5.41, 5.74) is 1.27. The maximum Gasteiger partial charge on any atom is 0.167 e. The number of rotatable bonds is 3. The molecule has 0 spiro atoms. The lowest BCUT2D eigenvalue weighted by atomic mass is 9.96. The topological polar surface area (TPSA) is 34.1 Å². The predicted molar refractivity (Wildman–Crippen MR) is 62.2 cm³/mol. The van der Waals surface area contributed by atoms with E-state index in [0.29, 0.717) is 17.6 Å². The number of carbonyl (C=O) groups is 2. The first-order valence-corrected chi connectivity index (χ1v) is 5.24.